The minimum atomic E-state index is -2.31. The first-order valence-electron chi connectivity index (χ1n) is 3.31. The van der Waals surface area contributed by atoms with Crippen LogP contribution in [0, 0.1) is 0 Å². The van der Waals surface area contributed by atoms with Gasteiger partial charge in [0.15, 0.2) is 5.78 Å². The van der Waals surface area contributed by atoms with E-state index in [-0.39, 0.29) is 0 Å². The zero-order valence-electron chi connectivity index (χ0n) is 7.49. The molecule has 0 amide bonds. The summed E-state index contributed by atoms with van der Waals surface area (Å²) >= 11 is 0. The first-order valence-corrected chi connectivity index (χ1v) is 3.31. The Bertz CT molecular complexity index is 239. The van der Waals surface area contributed by atoms with E-state index in [2.05, 4.69) is 9.47 Å². The van der Waals surface area contributed by atoms with Gasteiger partial charge in [0.1, 0.15) is 0 Å². The average Bonchev–Trinajstić information content (AvgIpc) is 2.06. The zero-order valence-corrected chi connectivity index (χ0v) is 7.49. The quantitative estimate of drug-likeness (QED) is 0.347. The van der Waals surface area contributed by atoms with Crippen molar-refractivity contribution < 1.29 is 29.0 Å². The first kappa shape index (κ1) is 11.7. The number of ketones is 2. The third-order valence-electron chi connectivity index (χ3n) is 1.53. The van der Waals surface area contributed by atoms with E-state index >= 15 is 0 Å². The van der Waals surface area contributed by atoms with Gasteiger partial charge >= 0.3 is 17.5 Å². The summed E-state index contributed by atoms with van der Waals surface area (Å²) < 4.78 is 8.94. The molecule has 0 fully saturated rings. The molecular weight excluding hydrogens is 180 g/mol. The fourth-order valence-corrected chi connectivity index (χ4v) is 0.857. The molecule has 74 valence electrons. The van der Waals surface area contributed by atoms with Crippen LogP contribution in [0.15, 0.2) is 0 Å². The Hall–Kier alpha value is -1.27. The molecule has 0 bridgehead atoms. The number of hydrogen-bond acceptors (Lipinski definition) is 5. The van der Waals surface area contributed by atoms with Crippen LogP contribution in [0.3, 0.4) is 0 Å². The van der Waals surface area contributed by atoms with Crippen molar-refractivity contribution in [2.24, 2.45) is 0 Å². The number of hydrogen-bond donors (Lipinski definition) is 1. The second-order valence-corrected chi connectivity index (χ2v) is 2.22. The summed E-state index contributed by atoms with van der Waals surface area (Å²) in [7, 11) is 2.04. The normalized spacial score (nSPS) is 11.0. The van der Waals surface area contributed by atoms with Gasteiger partial charge < -0.3 is 14.6 Å². The molecule has 0 aliphatic carbocycles. The third-order valence-corrected chi connectivity index (χ3v) is 1.53. The van der Waals surface area contributed by atoms with Gasteiger partial charge in [0.05, 0.1) is 0 Å². The summed E-state index contributed by atoms with van der Waals surface area (Å²) in [6.07, 6.45) is 0. The van der Waals surface area contributed by atoms with E-state index in [1.807, 2.05) is 0 Å². The maximum absolute atomic E-state index is 11.0. The zero-order chi connectivity index (χ0) is 10.6. The Morgan fingerprint density at radius 1 is 1.15 bits per heavy atom. The van der Waals surface area contributed by atoms with Crippen molar-refractivity contribution in [3.63, 3.8) is 0 Å². The molecule has 0 rings (SSSR count). The number of carboxylic acid groups (broad SMARTS) is 1. The van der Waals surface area contributed by atoms with Crippen molar-refractivity contribution >= 4 is 17.5 Å². The van der Waals surface area contributed by atoms with Gasteiger partial charge in [-0.25, -0.2) is 4.79 Å². The molecule has 0 saturated heterocycles. The minimum Gasteiger partial charge on any atom is -0.475 e. The van der Waals surface area contributed by atoms with Crippen LogP contribution >= 0.6 is 0 Å². The van der Waals surface area contributed by atoms with Gasteiger partial charge in [-0.3, -0.25) is 9.59 Å². The maximum atomic E-state index is 11.0. The van der Waals surface area contributed by atoms with Gasteiger partial charge in [0, 0.05) is 21.1 Å². The standard InChI is InChI=1S/C7H10O6/c1-4(8)7(12-2,13-3)5(9)6(10)11/h1-3H3,(H,10,11). The van der Waals surface area contributed by atoms with Crippen LogP contribution in [0.5, 0.6) is 0 Å². The molecule has 6 nitrogen and oxygen atoms in total. The van der Waals surface area contributed by atoms with Crippen molar-refractivity contribution in [2.75, 3.05) is 14.2 Å². The molecule has 1 N–H and O–H groups in total. The Morgan fingerprint density at radius 3 is 1.62 bits per heavy atom. The molecule has 0 saturated carbocycles. The van der Waals surface area contributed by atoms with Crippen molar-refractivity contribution in [1.29, 1.82) is 0 Å². The van der Waals surface area contributed by atoms with Crippen LogP contribution < -0.4 is 0 Å². The lowest BCUT2D eigenvalue weighted by Gasteiger charge is -2.23. The van der Waals surface area contributed by atoms with Gasteiger partial charge in [-0.15, -0.1) is 0 Å². The molecule has 0 radical (unpaired) electrons. The molecular formula is C7H10O6. The fourth-order valence-electron chi connectivity index (χ4n) is 0.857. The summed E-state index contributed by atoms with van der Waals surface area (Å²) in [5.74, 6) is -6.35. The number of carbonyl (C=O) groups excluding carboxylic acids is 2. The number of carbonyl (C=O) groups is 3. The summed E-state index contributed by atoms with van der Waals surface area (Å²) in [6, 6.07) is 0. The molecule has 0 aromatic rings. The van der Waals surface area contributed by atoms with Crippen molar-refractivity contribution in [1.82, 2.24) is 0 Å². The lowest BCUT2D eigenvalue weighted by Crippen LogP contribution is -2.52. The lowest BCUT2D eigenvalue weighted by molar-refractivity contribution is -0.208. The van der Waals surface area contributed by atoms with E-state index in [1.165, 1.54) is 0 Å². The molecule has 0 aromatic carbocycles. The highest BCUT2D eigenvalue weighted by molar-refractivity contribution is 6.40. The Morgan fingerprint density at radius 2 is 1.54 bits per heavy atom. The number of Topliss-reactive ketones (excluding diaryl/α,β-unsaturated/α-hetero) is 2. The Labute approximate surface area is 74.4 Å². The second kappa shape index (κ2) is 4.11. The molecule has 13 heavy (non-hydrogen) atoms. The predicted molar refractivity (Wildman–Crippen MR) is 40.1 cm³/mol. The van der Waals surface area contributed by atoms with Crippen LogP contribution in [0.25, 0.3) is 0 Å². The van der Waals surface area contributed by atoms with Crippen LogP contribution in [0.1, 0.15) is 6.92 Å². The summed E-state index contributed by atoms with van der Waals surface area (Å²) in [4.78, 5) is 32.2. The third kappa shape index (κ3) is 1.90. The van der Waals surface area contributed by atoms with Gasteiger partial charge in [0.25, 0.3) is 0 Å². The van der Waals surface area contributed by atoms with Crippen LogP contribution in [0.4, 0.5) is 0 Å². The average molecular weight is 190 g/mol. The lowest BCUT2D eigenvalue weighted by atomic mass is 10.1. The first-order chi connectivity index (χ1) is 5.92. The Kier molecular flexibility index (Phi) is 3.70. The summed E-state index contributed by atoms with van der Waals surface area (Å²) in [5.41, 5.74) is 0. The number of ether oxygens (including phenoxy) is 2. The SMILES string of the molecule is COC(OC)(C(C)=O)C(=O)C(=O)O. The maximum Gasteiger partial charge on any atom is 0.378 e. The monoisotopic (exact) mass is 190 g/mol. The smallest absolute Gasteiger partial charge is 0.378 e. The molecule has 0 heterocycles. The van der Waals surface area contributed by atoms with Gasteiger partial charge in [-0.05, 0) is 0 Å². The Balaban J connectivity index is 5.10. The van der Waals surface area contributed by atoms with Crippen LogP contribution in [-0.2, 0) is 23.9 Å². The number of methoxy groups -OCH3 is 2. The molecule has 0 aliphatic rings. The van der Waals surface area contributed by atoms with E-state index in [0.717, 1.165) is 21.1 Å². The molecule has 0 aromatic heterocycles. The van der Waals surface area contributed by atoms with E-state index in [0.29, 0.717) is 0 Å². The largest absolute Gasteiger partial charge is 0.475 e. The van der Waals surface area contributed by atoms with Crippen molar-refractivity contribution in [3.8, 4) is 0 Å². The van der Waals surface area contributed by atoms with Crippen LogP contribution in [-0.4, -0.2) is 42.6 Å². The predicted octanol–water partition coefficient (Wildman–Crippen LogP) is -0.782. The van der Waals surface area contributed by atoms with E-state index in [9.17, 15) is 14.4 Å². The number of aliphatic carboxylic acids is 1. The molecule has 0 aliphatic heterocycles. The van der Waals surface area contributed by atoms with Crippen molar-refractivity contribution in [2.45, 2.75) is 12.7 Å². The highest BCUT2D eigenvalue weighted by Gasteiger charge is 2.48. The molecule has 0 unspecified atom stereocenters. The molecule has 0 spiro atoms. The highest BCUT2D eigenvalue weighted by Crippen LogP contribution is 2.14. The topological polar surface area (TPSA) is 89.9 Å². The minimum absolute atomic E-state index is 0.815. The van der Waals surface area contributed by atoms with E-state index in [1.54, 1.807) is 0 Å². The van der Waals surface area contributed by atoms with Crippen molar-refractivity contribution in [3.05, 3.63) is 0 Å². The number of rotatable bonds is 5. The van der Waals surface area contributed by atoms with E-state index in [4.69, 9.17) is 5.11 Å². The van der Waals surface area contributed by atoms with E-state index < -0.39 is 23.3 Å². The summed E-state index contributed by atoms with van der Waals surface area (Å²) in [6.45, 7) is 1.01. The molecule has 6 heteroatoms. The fraction of sp³-hybridized carbons (Fsp3) is 0.571. The van der Waals surface area contributed by atoms with Gasteiger partial charge in [0.2, 0.25) is 0 Å². The number of carboxylic acids is 1. The highest BCUT2D eigenvalue weighted by atomic mass is 16.7. The summed E-state index contributed by atoms with van der Waals surface area (Å²) in [5, 5.41) is 8.37. The molecule has 0 atom stereocenters. The second-order valence-electron chi connectivity index (χ2n) is 2.22. The van der Waals surface area contributed by atoms with Gasteiger partial charge in [-0.2, -0.15) is 0 Å². The van der Waals surface area contributed by atoms with Gasteiger partial charge in [-0.1, -0.05) is 0 Å². The van der Waals surface area contributed by atoms with Crippen LogP contribution in [0.2, 0.25) is 0 Å².